The fraction of sp³-hybridized carbons (Fsp3) is 0.864. The van der Waals surface area contributed by atoms with Crippen LogP contribution in [0.15, 0.2) is 0 Å². The molecule has 0 rings (SSSR count). The zero-order valence-electron chi connectivity index (χ0n) is 21.4. The Morgan fingerprint density at radius 3 is 1.47 bits per heavy atom. The zero-order chi connectivity index (χ0) is 25.2. The SMILES string of the molecule is CC(C)(C)OC(=O)CNCCN(CCN(CCN)C(=O)OC(C)(C)C)C(=O)OC(C)(C)C. The molecule has 0 aliphatic heterocycles. The van der Waals surface area contributed by atoms with Crippen molar-refractivity contribution in [2.75, 3.05) is 45.8 Å². The van der Waals surface area contributed by atoms with E-state index in [0.717, 1.165) is 0 Å². The Hall–Kier alpha value is -2.07. The first-order chi connectivity index (χ1) is 14.4. The quantitative estimate of drug-likeness (QED) is 0.289. The normalized spacial score (nSPS) is 12.2. The van der Waals surface area contributed by atoms with Gasteiger partial charge in [-0.2, -0.15) is 0 Å². The monoisotopic (exact) mass is 460 g/mol. The molecule has 32 heavy (non-hydrogen) atoms. The molecule has 2 amide bonds. The van der Waals surface area contributed by atoms with E-state index in [4.69, 9.17) is 19.9 Å². The lowest BCUT2D eigenvalue weighted by atomic mass is 10.2. The summed E-state index contributed by atoms with van der Waals surface area (Å²) >= 11 is 0. The fourth-order valence-electron chi connectivity index (χ4n) is 2.42. The van der Waals surface area contributed by atoms with E-state index in [2.05, 4.69) is 5.32 Å². The van der Waals surface area contributed by atoms with Crippen LogP contribution in [0.5, 0.6) is 0 Å². The highest BCUT2D eigenvalue weighted by Crippen LogP contribution is 2.12. The Balaban J connectivity index is 4.99. The maximum atomic E-state index is 12.7. The highest BCUT2D eigenvalue weighted by atomic mass is 16.6. The number of carbonyl (C=O) groups is 3. The molecular weight excluding hydrogens is 416 g/mol. The molecule has 0 aromatic heterocycles. The molecule has 10 heteroatoms. The van der Waals surface area contributed by atoms with Crippen molar-refractivity contribution in [2.24, 2.45) is 5.73 Å². The second-order valence-corrected chi connectivity index (χ2v) is 10.5. The summed E-state index contributed by atoms with van der Waals surface area (Å²) in [7, 11) is 0. The molecule has 0 aromatic carbocycles. The highest BCUT2D eigenvalue weighted by molar-refractivity contribution is 5.72. The number of ether oxygens (including phenoxy) is 3. The molecule has 0 unspecified atom stereocenters. The summed E-state index contributed by atoms with van der Waals surface area (Å²) in [6, 6.07) is 0. The van der Waals surface area contributed by atoms with Gasteiger partial charge < -0.3 is 35.1 Å². The number of nitrogens with zero attached hydrogens (tertiary/aromatic N) is 2. The maximum Gasteiger partial charge on any atom is 0.410 e. The van der Waals surface area contributed by atoms with Crippen molar-refractivity contribution in [1.29, 1.82) is 0 Å². The van der Waals surface area contributed by atoms with Crippen molar-refractivity contribution in [3.63, 3.8) is 0 Å². The van der Waals surface area contributed by atoms with Gasteiger partial charge >= 0.3 is 18.2 Å². The lowest BCUT2D eigenvalue weighted by molar-refractivity contribution is -0.153. The zero-order valence-corrected chi connectivity index (χ0v) is 21.4. The van der Waals surface area contributed by atoms with Crippen LogP contribution in [-0.2, 0) is 19.0 Å². The molecule has 0 atom stereocenters. The molecule has 0 saturated carbocycles. The van der Waals surface area contributed by atoms with Crippen LogP contribution in [0.4, 0.5) is 9.59 Å². The van der Waals surface area contributed by atoms with Crippen LogP contribution in [0, 0.1) is 0 Å². The first-order valence-corrected chi connectivity index (χ1v) is 11.0. The van der Waals surface area contributed by atoms with E-state index >= 15 is 0 Å². The number of rotatable bonds is 10. The van der Waals surface area contributed by atoms with Gasteiger partial charge in [0.2, 0.25) is 0 Å². The van der Waals surface area contributed by atoms with Crippen LogP contribution in [0.3, 0.4) is 0 Å². The van der Waals surface area contributed by atoms with Gasteiger partial charge in [0.1, 0.15) is 16.8 Å². The van der Waals surface area contributed by atoms with Crippen molar-refractivity contribution in [3.8, 4) is 0 Å². The Morgan fingerprint density at radius 2 is 1.09 bits per heavy atom. The number of nitrogens with two attached hydrogens (primary N) is 1. The average molecular weight is 461 g/mol. The predicted octanol–water partition coefficient (Wildman–Crippen LogP) is 2.35. The molecule has 0 radical (unpaired) electrons. The molecule has 0 fully saturated rings. The van der Waals surface area contributed by atoms with Gasteiger partial charge in [-0.1, -0.05) is 0 Å². The summed E-state index contributed by atoms with van der Waals surface area (Å²) in [6.45, 7) is 17.8. The van der Waals surface area contributed by atoms with Gasteiger partial charge in [0.05, 0.1) is 6.54 Å². The van der Waals surface area contributed by atoms with E-state index in [-0.39, 0.29) is 38.7 Å². The third-order valence-corrected chi connectivity index (χ3v) is 3.59. The molecule has 3 N–H and O–H groups in total. The first-order valence-electron chi connectivity index (χ1n) is 11.0. The summed E-state index contributed by atoms with van der Waals surface area (Å²) in [5, 5.41) is 2.97. The molecule has 0 saturated heterocycles. The molecule has 0 aliphatic carbocycles. The van der Waals surface area contributed by atoms with E-state index in [0.29, 0.717) is 13.1 Å². The summed E-state index contributed by atoms with van der Waals surface area (Å²) in [6.07, 6.45) is -0.997. The standard InChI is InChI=1S/C22H44N4O6/c1-20(2,3)30-17(27)16-24-11-13-26(19(29)32-22(7,8)9)15-14-25(12-10-23)18(28)31-21(4,5)6/h24H,10-16,23H2,1-9H3. The van der Waals surface area contributed by atoms with Crippen LogP contribution in [0.25, 0.3) is 0 Å². The third-order valence-electron chi connectivity index (χ3n) is 3.59. The molecular formula is C22H44N4O6. The van der Waals surface area contributed by atoms with E-state index in [1.54, 1.807) is 62.3 Å². The van der Waals surface area contributed by atoms with E-state index in [1.165, 1.54) is 9.80 Å². The van der Waals surface area contributed by atoms with Crippen LogP contribution < -0.4 is 11.1 Å². The Bertz CT molecular complexity index is 605. The Morgan fingerprint density at radius 1 is 0.688 bits per heavy atom. The Labute approximate surface area is 193 Å². The number of hydrogen-bond donors (Lipinski definition) is 2. The second kappa shape index (κ2) is 12.8. The first kappa shape index (κ1) is 29.9. The lowest BCUT2D eigenvalue weighted by Gasteiger charge is -2.31. The van der Waals surface area contributed by atoms with Gasteiger partial charge in [0.25, 0.3) is 0 Å². The van der Waals surface area contributed by atoms with E-state index in [1.807, 2.05) is 0 Å². The molecule has 10 nitrogen and oxygen atoms in total. The van der Waals surface area contributed by atoms with Gasteiger partial charge in [0.15, 0.2) is 0 Å². The van der Waals surface area contributed by atoms with Crippen molar-refractivity contribution in [2.45, 2.75) is 79.1 Å². The van der Waals surface area contributed by atoms with Crippen molar-refractivity contribution in [1.82, 2.24) is 15.1 Å². The van der Waals surface area contributed by atoms with Crippen LogP contribution in [-0.4, -0.2) is 90.6 Å². The number of esters is 1. The minimum atomic E-state index is -0.665. The minimum Gasteiger partial charge on any atom is -0.459 e. The van der Waals surface area contributed by atoms with Crippen LogP contribution in [0.1, 0.15) is 62.3 Å². The summed E-state index contributed by atoms with van der Waals surface area (Å²) in [4.78, 5) is 39.9. The number of amides is 2. The summed E-state index contributed by atoms with van der Waals surface area (Å²) in [5.41, 5.74) is 3.78. The van der Waals surface area contributed by atoms with E-state index < -0.39 is 29.0 Å². The van der Waals surface area contributed by atoms with Crippen molar-refractivity contribution in [3.05, 3.63) is 0 Å². The van der Waals surface area contributed by atoms with Crippen molar-refractivity contribution < 1.29 is 28.6 Å². The predicted molar refractivity (Wildman–Crippen MR) is 123 cm³/mol. The van der Waals surface area contributed by atoms with Crippen LogP contribution >= 0.6 is 0 Å². The van der Waals surface area contributed by atoms with E-state index in [9.17, 15) is 14.4 Å². The highest BCUT2D eigenvalue weighted by Gasteiger charge is 2.25. The molecule has 0 aliphatic rings. The molecule has 0 bridgehead atoms. The molecule has 188 valence electrons. The fourth-order valence-corrected chi connectivity index (χ4v) is 2.42. The largest absolute Gasteiger partial charge is 0.459 e. The molecule has 0 spiro atoms. The average Bonchev–Trinajstić information content (AvgIpc) is 2.55. The molecule has 0 heterocycles. The van der Waals surface area contributed by atoms with Crippen LogP contribution in [0.2, 0.25) is 0 Å². The number of carbonyl (C=O) groups excluding carboxylic acids is 3. The third kappa shape index (κ3) is 15.7. The summed E-state index contributed by atoms with van der Waals surface area (Å²) < 4.78 is 16.2. The van der Waals surface area contributed by atoms with Gasteiger partial charge in [-0.25, -0.2) is 9.59 Å². The topological polar surface area (TPSA) is 123 Å². The Kier molecular flexibility index (Phi) is 12.0. The number of nitrogens with one attached hydrogen (secondary N) is 1. The van der Waals surface area contributed by atoms with Gasteiger partial charge in [0, 0.05) is 39.3 Å². The number of hydrogen-bond acceptors (Lipinski definition) is 8. The van der Waals surface area contributed by atoms with Gasteiger partial charge in [-0.3, -0.25) is 4.79 Å². The minimum absolute atomic E-state index is 0.0244. The maximum absolute atomic E-state index is 12.7. The van der Waals surface area contributed by atoms with Crippen molar-refractivity contribution >= 4 is 18.2 Å². The van der Waals surface area contributed by atoms with Gasteiger partial charge in [-0.05, 0) is 62.3 Å². The lowest BCUT2D eigenvalue weighted by Crippen LogP contribution is -2.47. The molecule has 0 aromatic rings. The summed E-state index contributed by atoms with van der Waals surface area (Å²) in [5.74, 6) is -0.375. The van der Waals surface area contributed by atoms with Gasteiger partial charge in [-0.15, -0.1) is 0 Å². The second-order valence-electron chi connectivity index (χ2n) is 10.5. The smallest absolute Gasteiger partial charge is 0.410 e.